The van der Waals surface area contributed by atoms with Gasteiger partial charge in [-0.15, -0.1) is 11.8 Å². The van der Waals surface area contributed by atoms with E-state index in [9.17, 15) is 4.79 Å². The third-order valence-electron chi connectivity index (χ3n) is 2.91. The van der Waals surface area contributed by atoms with Gasteiger partial charge in [-0.25, -0.2) is 14.8 Å². The Kier molecular flexibility index (Phi) is 4.39. The standard InChI is InChI=1S/C15H16N2O2S/c1-4-20-12-7-5-11(6-8-12)14-16-9(2)13(15(18)19)10(3)17-14/h5-8H,4H2,1-3H3,(H,18,19). The molecule has 0 spiro atoms. The summed E-state index contributed by atoms with van der Waals surface area (Å²) in [5, 5.41) is 9.12. The number of carboxylic acid groups (broad SMARTS) is 1. The molecule has 0 aliphatic rings. The van der Waals surface area contributed by atoms with Gasteiger partial charge in [-0.05, 0) is 31.7 Å². The summed E-state index contributed by atoms with van der Waals surface area (Å²) in [5.41, 5.74) is 2.07. The van der Waals surface area contributed by atoms with Crippen molar-refractivity contribution in [3.05, 3.63) is 41.2 Å². The molecule has 2 aromatic rings. The van der Waals surface area contributed by atoms with Crippen LogP contribution in [0, 0.1) is 13.8 Å². The first-order valence-electron chi connectivity index (χ1n) is 6.34. The maximum absolute atomic E-state index is 11.1. The molecule has 0 aliphatic heterocycles. The topological polar surface area (TPSA) is 63.1 Å². The molecule has 0 atom stereocenters. The number of hydrogen-bond acceptors (Lipinski definition) is 4. The zero-order valence-corrected chi connectivity index (χ0v) is 12.5. The Bertz CT molecular complexity index is 616. The van der Waals surface area contributed by atoms with E-state index >= 15 is 0 Å². The number of rotatable bonds is 4. The molecule has 0 aliphatic carbocycles. The molecule has 0 fully saturated rings. The minimum atomic E-state index is -0.985. The van der Waals surface area contributed by atoms with Gasteiger partial charge in [0.15, 0.2) is 5.82 Å². The van der Waals surface area contributed by atoms with Crippen LogP contribution in [-0.4, -0.2) is 26.8 Å². The van der Waals surface area contributed by atoms with Crippen LogP contribution in [0.1, 0.15) is 28.7 Å². The highest BCUT2D eigenvalue weighted by molar-refractivity contribution is 7.99. The Labute approximate surface area is 122 Å². The number of aryl methyl sites for hydroxylation is 2. The molecule has 0 saturated carbocycles. The van der Waals surface area contributed by atoms with Gasteiger partial charge in [0, 0.05) is 10.5 Å². The van der Waals surface area contributed by atoms with E-state index in [-0.39, 0.29) is 5.56 Å². The summed E-state index contributed by atoms with van der Waals surface area (Å²) in [6.45, 7) is 5.50. The summed E-state index contributed by atoms with van der Waals surface area (Å²) in [6, 6.07) is 7.99. The maximum atomic E-state index is 11.1. The molecular weight excluding hydrogens is 272 g/mol. The van der Waals surface area contributed by atoms with Crippen LogP contribution in [-0.2, 0) is 0 Å². The molecule has 104 valence electrons. The van der Waals surface area contributed by atoms with E-state index in [0.29, 0.717) is 17.2 Å². The molecule has 1 heterocycles. The van der Waals surface area contributed by atoms with Crippen LogP contribution < -0.4 is 0 Å². The lowest BCUT2D eigenvalue weighted by Gasteiger charge is -2.08. The monoisotopic (exact) mass is 288 g/mol. The van der Waals surface area contributed by atoms with E-state index in [0.717, 1.165) is 11.3 Å². The SMILES string of the molecule is CCSc1ccc(-c2nc(C)c(C(=O)O)c(C)n2)cc1. The first-order chi connectivity index (χ1) is 9.52. The summed E-state index contributed by atoms with van der Waals surface area (Å²) in [5.74, 6) is 0.612. The lowest BCUT2D eigenvalue weighted by Crippen LogP contribution is -2.08. The maximum Gasteiger partial charge on any atom is 0.339 e. The number of carboxylic acids is 1. The van der Waals surface area contributed by atoms with Gasteiger partial charge < -0.3 is 5.11 Å². The highest BCUT2D eigenvalue weighted by Gasteiger charge is 2.15. The van der Waals surface area contributed by atoms with Crippen molar-refractivity contribution >= 4 is 17.7 Å². The molecular formula is C15H16N2O2S. The summed E-state index contributed by atoms with van der Waals surface area (Å²) in [6.07, 6.45) is 0. The van der Waals surface area contributed by atoms with Crippen molar-refractivity contribution in [2.45, 2.75) is 25.7 Å². The van der Waals surface area contributed by atoms with Gasteiger partial charge in [-0.3, -0.25) is 0 Å². The quantitative estimate of drug-likeness (QED) is 0.871. The van der Waals surface area contributed by atoms with Gasteiger partial charge in [-0.2, -0.15) is 0 Å². The number of benzene rings is 1. The lowest BCUT2D eigenvalue weighted by molar-refractivity contribution is 0.0694. The summed E-state index contributed by atoms with van der Waals surface area (Å²) < 4.78 is 0. The average Bonchev–Trinajstić information content (AvgIpc) is 2.38. The van der Waals surface area contributed by atoms with Gasteiger partial charge in [-0.1, -0.05) is 19.1 Å². The highest BCUT2D eigenvalue weighted by atomic mass is 32.2. The second-order valence-corrected chi connectivity index (χ2v) is 5.69. The second kappa shape index (κ2) is 6.05. The average molecular weight is 288 g/mol. The van der Waals surface area contributed by atoms with Crippen LogP contribution in [0.5, 0.6) is 0 Å². The fraction of sp³-hybridized carbons (Fsp3) is 0.267. The molecule has 20 heavy (non-hydrogen) atoms. The van der Waals surface area contributed by atoms with Crippen LogP contribution in [0.2, 0.25) is 0 Å². The van der Waals surface area contributed by atoms with Crippen molar-refractivity contribution in [2.75, 3.05) is 5.75 Å². The third-order valence-corrected chi connectivity index (χ3v) is 3.80. The summed E-state index contributed by atoms with van der Waals surface area (Å²) in [7, 11) is 0. The largest absolute Gasteiger partial charge is 0.478 e. The van der Waals surface area contributed by atoms with Gasteiger partial charge >= 0.3 is 5.97 Å². The lowest BCUT2D eigenvalue weighted by atomic mass is 10.1. The van der Waals surface area contributed by atoms with Gasteiger partial charge in [0.25, 0.3) is 0 Å². The first kappa shape index (κ1) is 14.5. The Balaban J connectivity index is 2.40. The van der Waals surface area contributed by atoms with E-state index in [2.05, 4.69) is 16.9 Å². The summed E-state index contributed by atoms with van der Waals surface area (Å²) >= 11 is 1.77. The zero-order valence-electron chi connectivity index (χ0n) is 11.7. The van der Waals surface area contributed by atoms with Crippen LogP contribution in [0.3, 0.4) is 0 Å². The first-order valence-corrected chi connectivity index (χ1v) is 7.33. The van der Waals surface area contributed by atoms with Crippen molar-refractivity contribution in [3.63, 3.8) is 0 Å². The van der Waals surface area contributed by atoms with E-state index < -0.39 is 5.97 Å². The molecule has 1 aromatic carbocycles. The van der Waals surface area contributed by atoms with Crippen LogP contribution in [0.4, 0.5) is 0 Å². The Morgan fingerprint density at radius 1 is 1.15 bits per heavy atom. The van der Waals surface area contributed by atoms with E-state index in [1.165, 1.54) is 4.90 Å². The highest BCUT2D eigenvalue weighted by Crippen LogP contribution is 2.23. The summed E-state index contributed by atoms with van der Waals surface area (Å²) in [4.78, 5) is 20.9. The number of aromatic carboxylic acids is 1. The van der Waals surface area contributed by atoms with Crippen molar-refractivity contribution in [3.8, 4) is 11.4 Å². The normalized spacial score (nSPS) is 10.6. The predicted octanol–water partition coefficient (Wildman–Crippen LogP) is 3.57. The molecule has 4 nitrogen and oxygen atoms in total. The number of nitrogens with zero attached hydrogens (tertiary/aromatic N) is 2. The molecule has 1 aromatic heterocycles. The second-order valence-electron chi connectivity index (χ2n) is 4.36. The molecule has 1 N–H and O–H groups in total. The van der Waals surface area contributed by atoms with Crippen LogP contribution in [0.15, 0.2) is 29.2 Å². The number of hydrogen-bond donors (Lipinski definition) is 1. The van der Waals surface area contributed by atoms with Crippen molar-refractivity contribution in [2.24, 2.45) is 0 Å². The number of aromatic nitrogens is 2. The molecule has 0 saturated heterocycles. The minimum Gasteiger partial charge on any atom is -0.478 e. The van der Waals surface area contributed by atoms with Crippen molar-refractivity contribution in [1.29, 1.82) is 0 Å². The molecule has 2 rings (SSSR count). The molecule has 0 amide bonds. The van der Waals surface area contributed by atoms with E-state index in [1.54, 1.807) is 25.6 Å². The Morgan fingerprint density at radius 3 is 2.15 bits per heavy atom. The predicted molar refractivity (Wildman–Crippen MR) is 80.3 cm³/mol. The minimum absolute atomic E-state index is 0.187. The van der Waals surface area contributed by atoms with Crippen molar-refractivity contribution in [1.82, 2.24) is 9.97 Å². The van der Waals surface area contributed by atoms with E-state index in [4.69, 9.17) is 5.11 Å². The Morgan fingerprint density at radius 2 is 1.70 bits per heavy atom. The van der Waals surface area contributed by atoms with Crippen LogP contribution in [0.25, 0.3) is 11.4 Å². The molecule has 0 radical (unpaired) electrons. The Hall–Kier alpha value is -1.88. The number of thioether (sulfide) groups is 1. The zero-order chi connectivity index (χ0) is 14.7. The molecule has 5 heteroatoms. The molecule has 0 unspecified atom stereocenters. The van der Waals surface area contributed by atoms with Crippen molar-refractivity contribution < 1.29 is 9.90 Å². The molecule has 0 bridgehead atoms. The van der Waals surface area contributed by atoms with Crippen LogP contribution >= 0.6 is 11.8 Å². The third kappa shape index (κ3) is 2.99. The smallest absolute Gasteiger partial charge is 0.339 e. The van der Waals surface area contributed by atoms with Gasteiger partial charge in [0.1, 0.15) is 5.56 Å². The van der Waals surface area contributed by atoms with E-state index in [1.807, 2.05) is 24.3 Å². The fourth-order valence-electron chi connectivity index (χ4n) is 2.02. The van der Waals surface area contributed by atoms with Gasteiger partial charge in [0.05, 0.1) is 11.4 Å². The number of carbonyl (C=O) groups is 1. The fourth-order valence-corrected chi connectivity index (χ4v) is 2.68. The van der Waals surface area contributed by atoms with Gasteiger partial charge in [0.2, 0.25) is 0 Å².